The van der Waals surface area contributed by atoms with E-state index in [-0.39, 0.29) is 12.0 Å². The fourth-order valence-corrected chi connectivity index (χ4v) is 4.45. The van der Waals surface area contributed by atoms with E-state index in [0.29, 0.717) is 18.3 Å². The second-order valence-electron chi connectivity index (χ2n) is 6.29. The molecular weight excluding hydrogens is 330 g/mol. The molecule has 4 nitrogen and oxygen atoms in total. The van der Waals surface area contributed by atoms with Crippen LogP contribution in [-0.4, -0.2) is 16.2 Å². The first-order valence-electron chi connectivity index (χ1n) is 7.53. The Bertz CT molecular complexity index is 654. The molecule has 2 aromatic rings. The maximum atomic E-state index is 6.34. The van der Waals surface area contributed by atoms with Crippen LogP contribution in [0.25, 0.3) is 0 Å². The quantitative estimate of drug-likeness (QED) is 0.925. The maximum absolute atomic E-state index is 6.34. The number of hydrogen-bond acceptors (Lipinski definition) is 4. The van der Waals surface area contributed by atoms with Crippen LogP contribution in [0.1, 0.15) is 42.5 Å². The number of halogens is 1. The SMILES string of the molecule is NC1C2CCC(C2)C1c1nc(Cc2cccc(Br)c2)no1. The highest BCUT2D eigenvalue weighted by Gasteiger charge is 2.48. The van der Waals surface area contributed by atoms with E-state index < -0.39 is 0 Å². The minimum atomic E-state index is 0.197. The Labute approximate surface area is 132 Å². The molecule has 0 saturated heterocycles. The summed E-state index contributed by atoms with van der Waals surface area (Å²) in [4.78, 5) is 4.61. The standard InChI is InChI=1S/C16H18BrN3O/c17-12-3-1-2-9(6-12)7-13-19-16(21-20-13)14-10-4-5-11(8-10)15(14)18/h1-3,6,10-11,14-15H,4-5,7-8,18H2. The molecular formula is C16H18BrN3O. The van der Waals surface area contributed by atoms with Crippen molar-refractivity contribution in [1.29, 1.82) is 0 Å². The van der Waals surface area contributed by atoms with Crippen LogP contribution in [-0.2, 0) is 6.42 Å². The molecule has 0 amide bonds. The Kier molecular flexibility index (Phi) is 3.34. The predicted molar refractivity (Wildman–Crippen MR) is 82.8 cm³/mol. The Balaban J connectivity index is 1.53. The van der Waals surface area contributed by atoms with Crippen molar-refractivity contribution in [3.63, 3.8) is 0 Å². The third-order valence-corrected chi connectivity index (χ3v) is 5.49. The molecule has 1 aromatic carbocycles. The number of aromatic nitrogens is 2. The number of rotatable bonds is 3. The summed E-state index contributed by atoms with van der Waals surface area (Å²) in [6, 6.07) is 8.39. The van der Waals surface area contributed by atoms with Gasteiger partial charge in [0, 0.05) is 16.9 Å². The molecule has 2 bridgehead atoms. The topological polar surface area (TPSA) is 64.9 Å². The Morgan fingerprint density at radius 2 is 2.14 bits per heavy atom. The van der Waals surface area contributed by atoms with Gasteiger partial charge < -0.3 is 10.3 Å². The van der Waals surface area contributed by atoms with E-state index in [1.165, 1.54) is 24.8 Å². The average molecular weight is 348 g/mol. The number of hydrogen-bond donors (Lipinski definition) is 1. The van der Waals surface area contributed by atoms with Crippen molar-refractivity contribution in [3.05, 3.63) is 46.0 Å². The van der Waals surface area contributed by atoms with Gasteiger partial charge in [-0.2, -0.15) is 4.98 Å². The maximum Gasteiger partial charge on any atom is 0.231 e. The second kappa shape index (κ2) is 5.21. The van der Waals surface area contributed by atoms with E-state index in [0.717, 1.165) is 16.2 Å². The molecule has 2 fully saturated rings. The highest BCUT2D eigenvalue weighted by molar-refractivity contribution is 9.10. The minimum Gasteiger partial charge on any atom is -0.339 e. The first kappa shape index (κ1) is 13.5. The van der Waals surface area contributed by atoms with Gasteiger partial charge in [0.05, 0.1) is 5.92 Å². The summed E-state index contributed by atoms with van der Waals surface area (Å²) < 4.78 is 6.59. The summed E-state index contributed by atoms with van der Waals surface area (Å²) >= 11 is 3.48. The molecule has 4 unspecified atom stereocenters. The fourth-order valence-electron chi connectivity index (χ4n) is 4.01. The van der Waals surface area contributed by atoms with Crippen LogP contribution in [0.4, 0.5) is 0 Å². The molecule has 1 heterocycles. The summed E-state index contributed by atoms with van der Waals surface area (Å²) in [7, 11) is 0. The smallest absolute Gasteiger partial charge is 0.231 e. The van der Waals surface area contributed by atoms with Crippen molar-refractivity contribution in [3.8, 4) is 0 Å². The van der Waals surface area contributed by atoms with E-state index in [4.69, 9.17) is 10.3 Å². The molecule has 1 aromatic heterocycles. The minimum absolute atomic E-state index is 0.197. The zero-order valence-corrected chi connectivity index (χ0v) is 13.3. The largest absolute Gasteiger partial charge is 0.339 e. The summed E-state index contributed by atoms with van der Waals surface area (Å²) in [6.07, 6.45) is 4.45. The van der Waals surface area contributed by atoms with Gasteiger partial charge in [0.15, 0.2) is 5.82 Å². The van der Waals surface area contributed by atoms with Crippen LogP contribution in [0.5, 0.6) is 0 Å². The van der Waals surface area contributed by atoms with E-state index in [1.807, 2.05) is 12.1 Å². The molecule has 2 saturated carbocycles. The highest BCUT2D eigenvalue weighted by Crippen LogP contribution is 2.51. The fraction of sp³-hybridized carbons (Fsp3) is 0.500. The monoisotopic (exact) mass is 347 g/mol. The Morgan fingerprint density at radius 1 is 1.29 bits per heavy atom. The normalized spacial score (nSPS) is 31.0. The lowest BCUT2D eigenvalue weighted by Gasteiger charge is -2.24. The molecule has 21 heavy (non-hydrogen) atoms. The van der Waals surface area contributed by atoms with Gasteiger partial charge in [-0.1, -0.05) is 33.2 Å². The summed E-state index contributed by atoms with van der Waals surface area (Å²) in [5.41, 5.74) is 7.52. The molecule has 0 radical (unpaired) electrons. The molecule has 5 heteroatoms. The molecule has 0 spiro atoms. The molecule has 4 atom stereocenters. The summed E-state index contributed by atoms with van der Waals surface area (Å²) in [5, 5.41) is 4.15. The van der Waals surface area contributed by atoms with Crippen molar-refractivity contribution >= 4 is 15.9 Å². The number of nitrogens with two attached hydrogens (primary N) is 1. The summed E-state index contributed by atoms with van der Waals surface area (Å²) in [5.74, 6) is 3.06. The number of nitrogens with zero attached hydrogens (tertiary/aromatic N) is 2. The van der Waals surface area contributed by atoms with Crippen LogP contribution < -0.4 is 5.73 Å². The van der Waals surface area contributed by atoms with Gasteiger partial charge in [-0.3, -0.25) is 0 Å². The van der Waals surface area contributed by atoms with Crippen LogP contribution in [0.15, 0.2) is 33.3 Å². The third kappa shape index (κ3) is 2.42. The molecule has 2 aliphatic carbocycles. The average Bonchev–Trinajstić information content (AvgIpc) is 3.15. The summed E-state index contributed by atoms with van der Waals surface area (Å²) in [6.45, 7) is 0. The third-order valence-electron chi connectivity index (χ3n) is 5.00. The molecule has 2 N–H and O–H groups in total. The van der Waals surface area contributed by atoms with E-state index in [2.05, 4.69) is 38.2 Å². The zero-order chi connectivity index (χ0) is 14.4. The first-order chi connectivity index (χ1) is 10.2. The Hall–Kier alpha value is -1.20. The van der Waals surface area contributed by atoms with Gasteiger partial charge in [-0.25, -0.2) is 0 Å². The van der Waals surface area contributed by atoms with Crippen molar-refractivity contribution in [1.82, 2.24) is 10.1 Å². The van der Waals surface area contributed by atoms with E-state index in [9.17, 15) is 0 Å². The zero-order valence-electron chi connectivity index (χ0n) is 11.7. The van der Waals surface area contributed by atoms with Crippen LogP contribution in [0.2, 0.25) is 0 Å². The number of benzene rings is 1. The van der Waals surface area contributed by atoms with Gasteiger partial charge in [0.1, 0.15) is 0 Å². The lowest BCUT2D eigenvalue weighted by molar-refractivity contribution is 0.278. The lowest BCUT2D eigenvalue weighted by Crippen LogP contribution is -2.34. The van der Waals surface area contributed by atoms with Gasteiger partial charge in [-0.15, -0.1) is 0 Å². The predicted octanol–water partition coefficient (Wildman–Crippen LogP) is 3.26. The van der Waals surface area contributed by atoms with Gasteiger partial charge in [0.2, 0.25) is 5.89 Å². The molecule has 2 aliphatic rings. The second-order valence-corrected chi connectivity index (χ2v) is 7.21. The van der Waals surface area contributed by atoms with Crippen molar-refractivity contribution in [2.24, 2.45) is 17.6 Å². The first-order valence-corrected chi connectivity index (χ1v) is 8.32. The highest BCUT2D eigenvalue weighted by atomic mass is 79.9. The molecule has 0 aliphatic heterocycles. The van der Waals surface area contributed by atoms with Gasteiger partial charge >= 0.3 is 0 Å². The van der Waals surface area contributed by atoms with Gasteiger partial charge in [-0.05, 0) is 48.8 Å². The van der Waals surface area contributed by atoms with E-state index in [1.54, 1.807) is 0 Å². The van der Waals surface area contributed by atoms with E-state index >= 15 is 0 Å². The van der Waals surface area contributed by atoms with Crippen molar-refractivity contribution < 1.29 is 4.52 Å². The van der Waals surface area contributed by atoms with Crippen LogP contribution in [0, 0.1) is 11.8 Å². The van der Waals surface area contributed by atoms with Gasteiger partial charge in [0.25, 0.3) is 0 Å². The van der Waals surface area contributed by atoms with Crippen LogP contribution in [0.3, 0.4) is 0 Å². The Morgan fingerprint density at radius 3 is 2.90 bits per heavy atom. The molecule has 4 rings (SSSR count). The number of fused-ring (bicyclic) bond motifs is 2. The van der Waals surface area contributed by atoms with Crippen LogP contribution >= 0.6 is 15.9 Å². The van der Waals surface area contributed by atoms with Crippen molar-refractivity contribution in [2.75, 3.05) is 0 Å². The van der Waals surface area contributed by atoms with Crippen molar-refractivity contribution in [2.45, 2.75) is 37.6 Å². The molecule has 110 valence electrons. The lowest BCUT2D eigenvalue weighted by atomic mass is 9.85.